The maximum absolute atomic E-state index is 5.96. The second-order valence-electron chi connectivity index (χ2n) is 6.32. The zero-order chi connectivity index (χ0) is 16.6. The largest absolute Gasteiger partial charge is 0.368 e. The Kier molecular flexibility index (Phi) is 4.21. The molecule has 3 N–H and O–H groups in total. The van der Waals surface area contributed by atoms with Crippen LogP contribution < -0.4 is 16.0 Å². The molecular weight excluding hydrogens is 290 g/mol. The number of nitrogen functional groups attached to an aromatic ring is 1. The van der Waals surface area contributed by atoms with Gasteiger partial charge in [0, 0.05) is 44.0 Å². The van der Waals surface area contributed by atoms with E-state index in [0.717, 1.165) is 42.4 Å². The van der Waals surface area contributed by atoms with E-state index in [9.17, 15) is 0 Å². The van der Waals surface area contributed by atoms with E-state index in [4.69, 9.17) is 5.73 Å². The monoisotopic (exact) mass is 315 g/mol. The SMILES string of the molecule is CCNC1CN(c2cc(-c3cn(C)nc3C)nc(N)n2)CC1C. The minimum Gasteiger partial charge on any atom is -0.368 e. The van der Waals surface area contributed by atoms with Crippen LogP contribution in [0.15, 0.2) is 12.3 Å². The molecule has 1 aliphatic heterocycles. The fourth-order valence-corrected chi connectivity index (χ4v) is 3.29. The van der Waals surface area contributed by atoms with E-state index in [0.29, 0.717) is 17.9 Å². The summed E-state index contributed by atoms with van der Waals surface area (Å²) in [6.07, 6.45) is 1.97. The predicted octanol–water partition coefficient (Wildman–Crippen LogP) is 1.20. The quantitative estimate of drug-likeness (QED) is 0.882. The van der Waals surface area contributed by atoms with Crippen molar-refractivity contribution in [1.82, 2.24) is 25.1 Å². The van der Waals surface area contributed by atoms with Gasteiger partial charge in [0.05, 0.1) is 11.4 Å². The molecule has 7 heteroatoms. The van der Waals surface area contributed by atoms with Crippen LogP contribution in [0, 0.1) is 12.8 Å². The zero-order valence-electron chi connectivity index (χ0n) is 14.2. The molecule has 2 aromatic heterocycles. The predicted molar refractivity (Wildman–Crippen MR) is 92.2 cm³/mol. The van der Waals surface area contributed by atoms with Gasteiger partial charge in [0.1, 0.15) is 5.82 Å². The molecule has 2 atom stereocenters. The molecule has 3 rings (SSSR count). The molecule has 0 aliphatic carbocycles. The van der Waals surface area contributed by atoms with E-state index in [1.807, 2.05) is 26.2 Å². The van der Waals surface area contributed by atoms with Crippen LogP contribution in [0.25, 0.3) is 11.3 Å². The van der Waals surface area contributed by atoms with Crippen molar-refractivity contribution in [2.24, 2.45) is 13.0 Å². The fraction of sp³-hybridized carbons (Fsp3) is 0.562. The maximum atomic E-state index is 5.96. The van der Waals surface area contributed by atoms with Gasteiger partial charge in [-0.2, -0.15) is 10.1 Å². The van der Waals surface area contributed by atoms with Gasteiger partial charge in [-0.3, -0.25) is 4.68 Å². The third-order valence-corrected chi connectivity index (χ3v) is 4.42. The van der Waals surface area contributed by atoms with Crippen LogP contribution in [0.2, 0.25) is 0 Å². The molecule has 0 bridgehead atoms. The Morgan fingerprint density at radius 1 is 1.35 bits per heavy atom. The Labute approximate surface area is 136 Å². The first kappa shape index (κ1) is 15.7. The number of nitrogens with two attached hydrogens (primary N) is 1. The zero-order valence-corrected chi connectivity index (χ0v) is 14.2. The van der Waals surface area contributed by atoms with Gasteiger partial charge in [0.2, 0.25) is 5.95 Å². The highest BCUT2D eigenvalue weighted by Gasteiger charge is 2.30. The van der Waals surface area contributed by atoms with Crippen molar-refractivity contribution in [3.63, 3.8) is 0 Å². The lowest BCUT2D eigenvalue weighted by Gasteiger charge is -2.18. The number of aryl methyl sites for hydroxylation is 2. The van der Waals surface area contributed by atoms with Crippen LogP contribution in [0.1, 0.15) is 19.5 Å². The topological polar surface area (TPSA) is 84.9 Å². The number of nitrogens with zero attached hydrogens (tertiary/aromatic N) is 5. The summed E-state index contributed by atoms with van der Waals surface area (Å²) in [6.45, 7) is 9.28. The Morgan fingerprint density at radius 2 is 2.13 bits per heavy atom. The minimum atomic E-state index is 0.306. The van der Waals surface area contributed by atoms with Crippen molar-refractivity contribution in [1.29, 1.82) is 0 Å². The third-order valence-electron chi connectivity index (χ3n) is 4.42. The molecule has 1 saturated heterocycles. The van der Waals surface area contributed by atoms with E-state index in [-0.39, 0.29) is 0 Å². The Morgan fingerprint density at radius 3 is 2.78 bits per heavy atom. The molecule has 2 aromatic rings. The summed E-state index contributed by atoms with van der Waals surface area (Å²) in [7, 11) is 1.91. The molecule has 23 heavy (non-hydrogen) atoms. The van der Waals surface area contributed by atoms with Gasteiger partial charge < -0.3 is 16.0 Å². The molecule has 1 aliphatic rings. The number of hydrogen-bond donors (Lipinski definition) is 2. The van der Waals surface area contributed by atoms with Gasteiger partial charge in [-0.25, -0.2) is 4.98 Å². The Hall–Kier alpha value is -2.15. The van der Waals surface area contributed by atoms with Crippen LogP contribution in [0.4, 0.5) is 11.8 Å². The van der Waals surface area contributed by atoms with E-state index in [1.54, 1.807) is 4.68 Å². The van der Waals surface area contributed by atoms with Crippen molar-refractivity contribution in [2.75, 3.05) is 30.3 Å². The lowest BCUT2D eigenvalue weighted by molar-refractivity contribution is 0.466. The fourth-order valence-electron chi connectivity index (χ4n) is 3.29. The first-order chi connectivity index (χ1) is 11.0. The third kappa shape index (κ3) is 3.14. The first-order valence-electron chi connectivity index (χ1n) is 8.11. The second-order valence-corrected chi connectivity index (χ2v) is 6.32. The highest BCUT2D eigenvalue weighted by atomic mass is 15.3. The van der Waals surface area contributed by atoms with Gasteiger partial charge in [-0.1, -0.05) is 13.8 Å². The molecule has 0 aromatic carbocycles. The van der Waals surface area contributed by atoms with Gasteiger partial charge in [0.25, 0.3) is 0 Å². The molecule has 0 amide bonds. The molecule has 0 saturated carbocycles. The molecular formula is C16H25N7. The molecule has 7 nitrogen and oxygen atoms in total. The number of nitrogens with one attached hydrogen (secondary N) is 1. The average Bonchev–Trinajstić information content (AvgIpc) is 3.02. The van der Waals surface area contributed by atoms with Crippen molar-refractivity contribution in [3.8, 4) is 11.3 Å². The van der Waals surface area contributed by atoms with Gasteiger partial charge >= 0.3 is 0 Å². The standard InChI is InChI=1S/C16H25N7/c1-5-18-14-9-23(7-10(14)2)15-6-13(19-16(17)20-15)12-8-22(4)21-11(12)3/h6,8,10,14,18H,5,7,9H2,1-4H3,(H2,17,19,20). The highest BCUT2D eigenvalue weighted by Crippen LogP contribution is 2.28. The average molecular weight is 315 g/mol. The second kappa shape index (κ2) is 6.16. The number of likely N-dealkylation sites (N-methyl/N-ethyl adjacent to an activating group) is 1. The van der Waals surface area contributed by atoms with Crippen LogP contribution in [0.3, 0.4) is 0 Å². The lowest BCUT2D eigenvalue weighted by atomic mass is 10.1. The van der Waals surface area contributed by atoms with Crippen molar-refractivity contribution < 1.29 is 0 Å². The van der Waals surface area contributed by atoms with Gasteiger partial charge in [0.15, 0.2) is 0 Å². The van der Waals surface area contributed by atoms with Crippen LogP contribution in [-0.2, 0) is 7.05 Å². The van der Waals surface area contributed by atoms with E-state index >= 15 is 0 Å². The van der Waals surface area contributed by atoms with Crippen LogP contribution >= 0.6 is 0 Å². The Balaban J connectivity index is 1.91. The first-order valence-corrected chi connectivity index (χ1v) is 8.11. The molecule has 0 radical (unpaired) electrons. The van der Waals surface area contributed by atoms with Crippen LogP contribution in [-0.4, -0.2) is 45.4 Å². The van der Waals surface area contributed by atoms with Crippen molar-refractivity contribution in [3.05, 3.63) is 18.0 Å². The summed E-state index contributed by atoms with van der Waals surface area (Å²) in [6, 6.07) is 2.50. The summed E-state index contributed by atoms with van der Waals surface area (Å²) in [4.78, 5) is 11.1. The summed E-state index contributed by atoms with van der Waals surface area (Å²) in [5, 5.41) is 7.92. The summed E-state index contributed by atoms with van der Waals surface area (Å²) >= 11 is 0. The normalized spacial score (nSPS) is 21.1. The number of aromatic nitrogens is 4. The minimum absolute atomic E-state index is 0.306. The summed E-state index contributed by atoms with van der Waals surface area (Å²) in [5.41, 5.74) is 8.73. The highest BCUT2D eigenvalue weighted by molar-refractivity contribution is 5.66. The van der Waals surface area contributed by atoms with E-state index < -0.39 is 0 Å². The smallest absolute Gasteiger partial charge is 0.222 e. The summed E-state index contributed by atoms with van der Waals surface area (Å²) < 4.78 is 1.79. The van der Waals surface area contributed by atoms with E-state index in [1.165, 1.54) is 0 Å². The van der Waals surface area contributed by atoms with Crippen molar-refractivity contribution in [2.45, 2.75) is 26.8 Å². The number of anilines is 2. The number of rotatable bonds is 4. The molecule has 124 valence electrons. The molecule has 3 heterocycles. The summed E-state index contributed by atoms with van der Waals surface area (Å²) in [5.74, 6) is 1.78. The maximum Gasteiger partial charge on any atom is 0.222 e. The lowest BCUT2D eigenvalue weighted by Crippen LogP contribution is -2.35. The molecule has 0 spiro atoms. The molecule has 1 fully saturated rings. The molecule has 2 unspecified atom stereocenters. The van der Waals surface area contributed by atoms with Gasteiger partial charge in [-0.15, -0.1) is 0 Å². The Bertz CT molecular complexity index is 694. The van der Waals surface area contributed by atoms with Crippen molar-refractivity contribution >= 4 is 11.8 Å². The van der Waals surface area contributed by atoms with Gasteiger partial charge in [-0.05, 0) is 19.4 Å². The number of hydrogen-bond acceptors (Lipinski definition) is 6. The van der Waals surface area contributed by atoms with Crippen LogP contribution in [0.5, 0.6) is 0 Å². The van der Waals surface area contributed by atoms with E-state index in [2.05, 4.69) is 39.1 Å².